The number of aryl methyl sites for hydroxylation is 1. The van der Waals surface area contributed by atoms with Gasteiger partial charge in [0.25, 0.3) is 0 Å². The molecule has 0 aliphatic rings. The smallest absolute Gasteiger partial charge is 0.0528 e. The van der Waals surface area contributed by atoms with Crippen molar-refractivity contribution in [3.8, 4) is 0 Å². The van der Waals surface area contributed by atoms with Gasteiger partial charge in [0.15, 0.2) is 0 Å². The fraction of sp³-hybridized carbons (Fsp3) is 0.500. The summed E-state index contributed by atoms with van der Waals surface area (Å²) in [4.78, 5) is 0. The van der Waals surface area contributed by atoms with Crippen LogP contribution in [0, 0.1) is 0 Å². The van der Waals surface area contributed by atoms with E-state index in [1.807, 2.05) is 6.92 Å². The zero-order valence-corrected chi connectivity index (χ0v) is 8.96. The third-order valence-corrected chi connectivity index (χ3v) is 2.25. The maximum Gasteiger partial charge on any atom is 0.0528 e. The molecule has 0 amide bonds. The Bertz CT molecular complexity index is 254. The molecule has 2 nitrogen and oxygen atoms in total. The first-order chi connectivity index (χ1) is 6.72. The molecule has 1 rings (SSSR count). The van der Waals surface area contributed by atoms with E-state index in [1.165, 1.54) is 5.56 Å². The molecular formula is C12H19NO. The first-order valence-corrected chi connectivity index (χ1v) is 5.23. The van der Waals surface area contributed by atoms with Gasteiger partial charge in [-0.25, -0.2) is 0 Å². The molecule has 1 aromatic carbocycles. The Morgan fingerprint density at radius 3 is 2.43 bits per heavy atom. The van der Waals surface area contributed by atoms with Crippen LogP contribution in [0.4, 0.5) is 5.69 Å². The second-order valence-electron chi connectivity index (χ2n) is 3.61. The monoisotopic (exact) mass is 193 g/mol. The van der Waals surface area contributed by atoms with Gasteiger partial charge in [-0.05, 0) is 37.5 Å². The van der Waals surface area contributed by atoms with Crippen molar-refractivity contribution < 1.29 is 5.11 Å². The Labute approximate surface area is 86.0 Å². The van der Waals surface area contributed by atoms with Crippen LogP contribution >= 0.6 is 0 Å². The fourth-order valence-corrected chi connectivity index (χ4v) is 1.28. The summed E-state index contributed by atoms with van der Waals surface area (Å²) in [5, 5.41) is 12.3. The van der Waals surface area contributed by atoms with Crippen LogP contribution in [0.1, 0.15) is 25.8 Å². The first kappa shape index (κ1) is 11.1. The van der Waals surface area contributed by atoms with Gasteiger partial charge in [0.1, 0.15) is 0 Å². The second-order valence-corrected chi connectivity index (χ2v) is 3.61. The van der Waals surface area contributed by atoms with E-state index in [2.05, 4.69) is 36.5 Å². The quantitative estimate of drug-likeness (QED) is 0.752. The van der Waals surface area contributed by atoms with Crippen molar-refractivity contribution >= 4 is 5.69 Å². The maximum absolute atomic E-state index is 9.07. The minimum atomic E-state index is -0.225. The van der Waals surface area contributed by atoms with Gasteiger partial charge >= 0.3 is 0 Å². The summed E-state index contributed by atoms with van der Waals surface area (Å²) in [5.74, 6) is 0. The molecule has 0 aliphatic heterocycles. The molecule has 1 unspecified atom stereocenters. The molecule has 0 radical (unpaired) electrons. The van der Waals surface area contributed by atoms with E-state index in [4.69, 9.17) is 5.11 Å². The van der Waals surface area contributed by atoms with Crippen molar-refractivity contribution in [2.45, 2.75) is 32.8 Å². The highest BCUT2D eigenvalue weighted by Gasteiger charge is 1.95. The van der Waals surface area contributed by atoms with Crippen LogP contribution < -0.4 is 5.32 Å². The SMILES string of the molecule is CCc1ccc(NCCC(C)O)cc1. The van der Waals surface area contributed by atoms with Gasteiger partial charge in [-0.1, -0.05) is 19.1 Å². The van der Waals surface area contributed by atoms with Crippen LogP contribution in [-0.2, 0) is 6.42 Å². The Kier molecular flexibility index (Phi) is 4.47. The Balaban J connectivity index is 2.36. The molecule has 2 N–H and O–H groups in total. The van der Waals surface area contributed by atoms with Crippen LogP contribution in [0.5, 0.6) is 0 Å². The lowest BCUT2D eigenvalue weighted by Gasteiger charge is -2.08. The van der Waals surface area contributed by atoms with Crippen LogP contribution in [-0.4, -0.2) is 17.8 Å². The van der Waals surface area contributed by atoms with Crippen molar-refractivity contribution in [2.24, 2.45) is 0 Å². The lowest BCUT2D eigenvalue weighted by Crippen LogP contribution is -2.09. The number of aliphatic hydroxyl groups excluding tert-OH is 1. The highest BCUT2D eigenvalue weighted by Crippen LogP contribution is 2.09. The van der Waals surface area contributed by atoms with Crippen LogP contribution in [0.2, 0.25) is 0 Å². The highest BCUT2D eigenvalue weighted by molar-refractivity contribution is 5.44. The standard InChI is InChI=1S/C12H19NO/c1-3-11-4-6-12(7-5-11)13-9-8-10(2)14/h4-7,10,13-14H,3,8-9H2,1-2H3. The lowest BCUT2D eigenvalue weighted by atomic mass is 10.1. The van der Waals surface area contributed by atoms with Gasteiger partial charge in [0.05, 0.1) is 6.10 Å². The molecule has 0 spiro atoms. The van der Waals surface area contributed by atoms with E-state index in [0.717, 1.165) is 25.1 Å². The average molecular weight is 193 g/mol. The number of hydrogen-bond acceptors (Lipinski definition) is 2. The van der Waals surface area contributed by atoms with Crippen LogP contribution in [0.25, 0.3) is 0 Å². The van der Waals surface area contributed by atoms with Gasteiger partial charge in [0.2, 0.25) is 0 Å². The number of aliphatic hydroxyl groups is 1. The Hall–Kier alpha value is -1.02. The summed E-state index contributed by atoms with van der Waals surface area (Å²) in [5.41, 5.74) is 2.48. The zero-order chi connectivity index (χ0) is 10.4. The predicted octanol–water partition coefficient (Wildman–Crippen LogP) is 2.43. The van der Waals surface area contributed by atoms with E-state index in [-0.39, 0.29) is 6.10 Å². The summed E-state index contributed by atoms with van der Waals surface area (Å²) in [7, 11) is 0. The summed E-state index contributed by atoms with van der Waals surface area (Å²) in [6.45, 7) is 4.78. The van der Waals surface area contributed by atoms with E-state index in [9.17, 15) is 0 Å². The van der Waals surface area contributed by atoms with Gasteiger partial charge in [-0.15, -0.1) is 0 Å². The molecule has 0 aromatic heterocycles. The Morgan fingerprint density at radius 1 is 1.29 bits per heavy atom. The molecule has 0 bridgehead atoms. The highest BCUT2D eigenvalue weighted by atomic mass is 16.3. The van der Waals surface area contributed by atoms with Crippen molar-refractivity contribution in [1.82, 2.24) is 0 Å². The van der Waals surface area contributed by atoms with E-state index in [0.29, 0.717) is 0 Å². The molecular weight excluding hydrogens is 174 g/mol. The van der Waals surface area contributed by atoms with Crippen molar-refractivity contribution in [2.75, 3.05) is 11.9 Å². The minimum Gasteiger partial charge on any atom is -0.393 e. The van der Waals surface area contributed by atoms with E-state index in [1.54, 1.807) is 0 Å². The van der Waals surface area contributed by atoms with E-state index >= 15 is 0 Å². The third-order valence-electron chi connectivity index (χ3n) is 2.25. The maximum atomic E-state index is 9.07. The Morgan fingerprint density at radius 2 is 1.93 bits per heavy atom. The minimum absolute atomic E-state index is 0.225. The molecule has 2 heteroatoms. The number of anilines is 1. The van der Waals surface area contributed by atoms with Crippen LogP contribution in [0.15, 0.2) is 24.3 Å². The van der Waals surface area contributed by atoms with Gasteiger partial charge in [-0.3, -0.25) is 0 Å². The molecule has 1 atom stereocenters. The third kappa shape index (κ3) is 3.79. The molecule has 1 aromatic rings. The molecule has 78 valence electrons. The molecule has 14 heavy (non-hydrogen) atoms. The number of nitrogens with one attached hydrogen (secondary N) is 1. The summed E-state index contributed by atoms with van der Waals surface area (Å²) >= 11 is 0. The molecule has 0 saturated carbocycles. The largest absolute Gasteiger partial charge is 0.393 e. The van der Waals surface area contributed by atoms with E-state index < -0.39 is 0 Å². The van der Waals surface area contributed by atoms with Gasteiger partial charge in [0, 0.05) is 12.2 Å². The molecule has 0 heterocycles. The normalized spacial score (nSPS) is 12.5. The van der Waals surface area contributed by atoms with Gasteiger partial charge < -0.3 is 10.4 Å². The topological polar surface area (TPSA) is 32.3 Å². The lowest BCUT2D eigenvalue weighted by molar-refractivity contribution is 0.189. The summed E-state index contributed by atoms with van der Waals surface area (Å²) in [6, 6.07) is 8.43. The molecule has 0 saturated heterocycles. The fourth-order valence-electron chi connectivity index (χ4n) is 1.28. The zero-order valence-electron chi connectivity index (χ0n) is 8.96. The van der Waals surface area contributed by atoms with Crippen LogP contribution in [0.3, 0.4) is 0 Å². The molecule has 0 fully saturated rings. The summed E-state index contributed by atoms with van der Waals surface area (Å²) < 4.78 is 0. The number of benzene rings is 1. The summed E-state index contributed by atoms with van der Waals surface area (Å²) in [6.07, 6.45) is 1.64. The second kappa shape index (κ2) is 5.66. The molecule has 0 aliphatic carbocycles. The van der Waals surface area contributed by atoms with Gasteiger partial charge in [-0.2, -0.15) is 0 Å². The first-order valence-electron chi connectivity index (χ1n) is 5.23. The van der Waals surface area contributed by atoms with Crippen molar-refractivity contribution in [3.05, 3.63) is 29.8 Å². The number of hydrogen-bond donors (Lipinski definition) is 2. The van der Waals surface area contributed by atoms with Crippen molar-refractivity contribution in [3.63, 3.8) is 0 Å². The number of rotatable bonds is 5. The van der Waals surface area contributed by atoms with Crippen molar-refractivity contribution in [1.29, 1.82) is 0 Å². The average Bonchev–Trinajstić information content (AvgIpc) is 2.18. The predicted molar refractivity (Wildman–Crippen MR) is 60.6 cm³/mol.